The third-order valence-electron chi connectivity index (χ3n) is 3.65. The molecule has 1 aromatic carbocycles. The molecule has 0 aromatic heterocycles. The molecule has 0 radical (unpaired) electrons. The molecule has 0 saturated carbocycles. The van der Waals surface area contributed by atoms with Gasteiger partial charge in [-0.15, -0.1) is 0 Å². The van der Waals surface area contributed by atoms with Crippen LogP contribution in [0.2, 0.25) is 0 Å². The van der Waals surface area contributed by atoms with Gasteiger partial charge >= 0.3 is 5.97 Å². The maximum Gasteiger partial charge on any atom is 0.317 e. The minimum absolute atomic E-state index is 0.0305. The lowest BCUT2D eigenvalue weighted by molar-refractivity contribution is -0.138. The SMILES string of the molecule is CCS(=O)(=O)c1ccccc1N1CCN(CC(=O)O)CC1. The van der Waals surface area contributed by atoms with Crippen molar-refractivity contribution in [2.24, 2.45) is 0 Å². The van der Waals surface area contributed by atoms with E-state index in [1.165, 1.54) is 0 Å². The lowest BCUT2D eigenvalue weighted by Crippen LogP contribution is -2.48. The number of sulfone groups is 1. The lowest BCUT2D eigenvalue weighted by Gasteiger charge is -2.36. The number of aliphatic carboxylic acids is 1. The van der Waals surface area contributed by atoms with Crippen LogP contribution in [0.3, 0.4) is 0 Å². The van der Waals surface area contributed by atoms with Crippen LogP contribution in [0.5, 0.6) is 0 Å². The second kappa shape index (κ2) is 6.44. The second-order valence-electron chi connectivity index (χ2n) is 5.03. The third kappa shape index (κ3) is 3.74. The normalized spacial score (nSPS) is 16.9. The summed E-state index contributed by atoms with van der Waals surface area (Å²) < 4.78 is 24.3. The highest BCUT2D eigenvalue weighted by Gasteiger charge is 2.24. The Bertz CT molecular complexity index is 607. The van der Waals surface area contributed by atoms with Gasteiger partial charge in [0.15, 0.2) is 9.84 Å². The van der Waals surface area contributed by atoms with Gasteiger partial charge in [-0.05, 0) is 12.1 Å². The Balaban J connectivity index is 2.16. The minimum Gasteiger partial charge on any atom is -0.480 e. The molecule has 0 atom stereocenters. The molecule has 0 bridgehead atoms. The van der Waals surface area contributed by atoms with Crippen molar-refractivity contribution < 1.29 is 18.3 Å². The first kappa shape index (κ1) is 15.8. The number of para-hydroxylation sites is 1. The van der Waals surface area contributed by atoms with E-state index in [0.29, 0.717) is 36.8 Å². The molecule has 1 N–H and O–H groups in total. The molecule has 21 heavy (non-hydrogen) atoms. The predicted molar refractivity (Wildman–Crippen MR) is 80.5 cm³/mol. The van der Waals surface area contributed by atoms with Crippen LogP contribution in [-0.4, -0.2) is 62.9 Å². The van der Waals surface area contributed by atoms with E-state index in [1.54, 1.807) is 19.1 Å². The quantitative estimate of drug-likeness (QED) is 0.862. The van der Waals surface area contributed by atoms with Gasteiger partial charge in [-0.1, -0.05) is 19.1 Å². The van der Waals surface area contributed by atoms with Gasteiger partial charge in [-0.25, -0.2) is 8.42 Å². The zero-order chi connectivity index (χ0) is 15.5. The predicted octanol–water partition coefficient (Wildman–Crippen LogP) is 0.687. The van der Waals surface area contributed by atoms with Crippen molar-refractivity contribution in [1.82, 2.24) is 4.90 Å². The van der Waals surface area contributed by atoms with Crippen LogP contribution in [0.15, 0.2) is 29.2 Å². The minimum atomic E-state index is -3.26. The molecule has 116 valence electrons. The largest absolute Gasteiger partial charge is 0.480 e. The summed E-state index contributed by atoms with van der Waals surface area (Å²) in [6.45, 7) is 4.16. The Kier molecular flexibility index (Phi) is 4.84. The van der Waals surface area contributed by atoms with E-state index in [1.807, 2.05) is 21.9 Å². The van der Waals surface area contributed by atoms with E-state index in [2.05, 4.69) is 0 Å². The highest BCUT2D eigenvalue weighted by molar-refractivity contribution is 7.91. The summed E-state index contributed by atoms with van der Waals surface area (Å²) in [4.78, 5) is 14.9. The number of nitrogens with zero attached hydrogens (tertiary/aromatic N) is 2. The summed E-state index contributed by atoms with van der Waals surface area (Å²) in [5.41, 5.74) is 0.717. The Morgan fingerprint density at radius 3 is 2.38 bits per heavy atom. The van der Waals surface area contributed by atoms with E-state index < -0.39 is 15.8 Å². The molecule has 1 aliphatic heterocycles. The van der Waals surface area contributed by atoms with Gasteiger partial charge in [0.2, 0.25) is 0 Å². The van der Waals surface area contributed by atoms with Gasteiger partial charge in [0, 0.05) is 26.2 Å². The molecule has 7 heteroatoms. The monoisotopic (exact) mass is 312 g/mol. The first-order valence-electron chi connectivity index (χ1n) is 6.95. The van der Waals surface area contributed by atoms with Gasteiger partial charge in [-0.3, -0.25) is 9.69 Å². The highest BCUT2D eigenvalue weighted by Crippen LogP contribution is 2.26. The maximum absolute atomic E-state index is 12.2. The van der Waals surface area contributed by atoms with Gasteiger partial charge < -0.3 is 10.0 Å². The van der Waals surface area contributed by atoms with Crippen molar-refractivity contribution >= 4 is 21.5 Å². The highest BCUT2D eigenvalue weighted by atomic mass is 32.2. The molecule has 0 aliphatic carbocycles. The van der Waals surface area contributed by atoms with Gasteiger partial charge in [-0.2, -0.15) is 0 Å². The smallest absolute Gasteiger partial charge is 0.317 e. The summed E-state index contributed by atoms with van der Waals surface area (Å²) in [5, 5.41) is 8.80. The van der Waals surface area contributed by atoms with E-state index in [9.17, 15) is 13.2 Å². The maximum atomic E-state index is 12.2. The van der Waals surface area contributed by atoms with Crippen molar-refractivity contribution in [3.63, 3.8) is 0 Å². The fraction of sp³-hybridized carbons (Fsp3) is 0.500. The Labute approximate surface area is 124 Å². The van der Waals surface area contributed by atoms with Crippen molar-refractivity contribution in [2.45, 2.75) is 11.8 Å². The number of hydrogen-bond acceptors (Lipinski definition) is 5. The second-order valence-corrected chi connectivity index (χ2v) is 7.27. The molecule has 0 unspecified atom stereocenters. The number of carbonyl (C=O) groups is 1. The number of carboxylic acids is 1. The Hall–Kier alpha value is -1.60. The van der Waals surface area contributed by atoms with Crippen LogP contribution in [-0.2, 0) is 14.6 Å². The van der Waals surface area contributed by atoms with E-state index >= 15 is 0 Å². The molecular formula is C14H20N2O4S. The Morgan fingerprint density at radius 2 is 1.81 bits per heavy atom. The molecule has 1 aromatic rings. The summed E-state index contributed by atoms with van der Waals surface area (Å²) in [7, 11) is -3.26. The third-order valence-corrected chi connectivity index (χ3v) is 5.43. The van der Waals surface area contributed by atoms with E-state index in [-0.39, 0.29) is 12.3 Å². The number of carboxylic acid groups (broad SMARTS) is 1. The van der Waals surface area contributed by atoms with Gasteiger partial charge in [0.25, 0.3) is 0 Å². The average Bonchev–Trinajstić information content (AvgIpc) is 2.47. The number of hydrogen-bond donors (Lipinski definition) is 1. The molecule has 0 spiro atoms. The molecule has 1 fully saturated rings. The summed E-state index contributed by atoms with van der Waals surface area (Å²) in [5.74, 6) is -0.763. The number of benzene rings is 1. The van der Waals surface area contributed by atoms with Crippen LogP contribution >= 0.6 is 0 Å². The topological polar surface area (TPSA) is 77.9 Å². The van der Waals surface area contributed by atoms with E-state index in [4.69, 9.17) is 5.11 Å². The van der Waals surface area contributed by atoms with Crippen LogP contribution < -0.4 is 4.90 Å². The summed E-state index contributed by atoms with van der Waals surface area (Å²) in [6.07, 6.45) is 0. The number of rotatable bonds is 5. The molecule has 0 amide bonds. The fourth-order valence-electron chi connectivity index (χ4n) is 2.48. The van der Waals surface area contributed by atoms with E-state index in [0.717, 1.165) is 0 Å². The van der Waals surface area contributed by atoms with Crippen molar-refractivity contribution in [2.75, 3.05) is 43.4 Å². The van der Waals surface area contributed by atoms with Gasteiger partial charge in [0.1, 0.15) is 0 Å². The molecule has 1 aliphatic rings. The zero-order valence-corrected chi connectivity index (χ0v) is 12.8. The van der Waals surface area contributed by atoms with Crippen molar-refractivity contribution in [3.05, 3.63) is 24.3 Å². The molecule has 6 nitrogen and oxygen atoms in total. The van der Waals surface area contributed by atoms with Crippen LogP contribution in [0.1, 0.15) is 6.92 Å². The molecule has 1 saturated heterocycles. The van der Waals surface area contributed by atoms with Crippen molar-refractivity contribution in [3.8, 4) is 0 Å². The molecular weight excluding hydrogens is 292 g/mol. The summed E-state index contributed by atoms with van der Waals surface area (Å²) >= 11 is 0. The summed E-state index contributed by atoms with van der Waals surface area (Å²) in [6, 6.07) is 7.01. The lowest BCUT2D eigenvalue weighted by atomic mass is 10.2. The first-order chi connectivity index (χ1) is 9.94. The number of piperazine rings is 1. The average molecular weight is 312 g/mol. The zero-order valence-electron chi connectivity index (χ0n) is 12.0. The molecule has 2 rings (SSSR count). The van der Waals surface area contributed by atoms with Crippen LogP contribution in [0.25, 0.3) is 0 Å². The van der Waals surface area contributed by atoms with Crippen LogP contribution in [0, 0.1) is 0 Å². The number of anilines is 1. The Morgan fingerprint density at radius 1 is 1.19 bits per heavy atom. The van der Waals surface area contributed by atoms with Crippen molar-refractivity contribution in [1.29, 1.82) is 0 Å². The van der Waals surface area contributed by atoms with Gasteiger partial charge in [0.05, 0.1) is 22.9 Å². The van der Waals surface area contributed by atoms with Crippen LogP contribution in [0.4, 0.5) is 5.69 Å². The molecule has 1 heterocycles. The fourth-order valence-corrected chi connectivity index (χ4v) is 3.59. The standard InChI is InChI=1S/C14H20N2O4S/c1-2-21(19,20)13-6-4-3-5-12(13)16-9-7-15(8-10-16)11-14(17)18/h3-6H,2,7-11H2,1H3,(H,17,18). The first-order valence-corrected chi connectivity index (χ1v) is 8.60.